The van der Waals surface area contributed by atoms with Gasteiger partial charge in [0.05, 0.1) is 59.6 Å². The Labute approximate surface area is 296 Å². The largest absolute Gasteiger partial charge is 0.481 e. The predicted molar refractivity (Wildman–Crippen MR) is 187 cm³/mol. The van der Waals surface area contributed by atoms with Gasteiger partial charge in [0.25, 0.3) is 5.91 Å². The van der Waals surface area contributed by atoms with Crippen molar-refractivity contribution in [2.24, 2.45) is 13.0 Å². The molecule has 11 nitrogen and oxygen atoms in total. The molecule has 2 saturated heterocycles. The van der Waals surface area contributed by atoms with Crippen LogP contribution in [0.25, 0.3) is 10.9 Å². The minimum absolute atomic E-state index is 0.0287. The summed E-state index contributed by atoms with van der Waals surface area (Å²) in [5, 5.41) is 13.7. The first-order valence-corrected chi connectivity index (χ1v) is 17.6. The van der Waals surface area contributed by atoms with Crippen molar-refractivity contribution in [3.8, 4) is 0 Å². The third kappa shape index (κ3) is 7.77. The van der Waals surface area contributed by atoms with Gasteiger partial charge < -0.3 is 34.1 Å². The van der Waals surface area contributed by atoms with Crippen LogP contribution in [0, 0.1) is 5.92 Å². The van der Waals surface area contributed by atoms with Crippen LogP contribution in [-0.2, 0) is 37.3 Å². The average molecular weight is 716 g/mol. The molecule has 264 valence electrons. The second kappa shape index (κ2) is 15.4. The number of nitrogens with zero attached hydrogens (tertiary/aromatic N) is 3. The molecule has 2 aliphatic heterocycles. The van der Waals surface area contributed by atoms with Crippen molar-refractivity contribution in [1.29, 1.82) is 0 Å². The van der Waals surface area contributed by atoms with Crippen LogP contribution in [0.3, 0.4) is 0 Å². The number of anilines is 1. The average Bonchev–Trinajstić information content (AvgIpc) is 3.81. The molecule has 6 rings (SSSR count). The van der Waals surface area contributed by atoms with Crippen molar-refractivity contribution in [2.45, 2.75) is 68.9 Å². The zero-order valence-corrected chi connectivity index (χ0v) is 29.6. The molecular formula is C36H44Cl2N4O7. The molecule has 1 aromatic heterocycles. The van der Waals surface area contributed by atoms with Gasteiger partial charge >= 0.3 is 5.97 Å². The molecule has 13 heteroatoms. The molecule has 0 radical (unpaired) electrons. The molecule has 3 aliphatic rings. The van der Waals surface area contributed by atoms with Crippen LogP contribution in [0.4, 0.5) is 5.69 Å². The number of likely N-dealkylation sites (tertiary alicyclic amines) is 2. The number of aryl methyl sites for hydroxylation is 1. The highest BCUT2D eigenvalue weighted by molar-refractivity contribution is 6.36. The van der Waals surface area contributed by atoms with E-state index in [1.54, 1.807) is 32.5 Å². The number of aliphatic carboxylic acids is 1. The first kappa shape index (κ1) is 35.6. The van der Waals surface area contributed by atoms with Crippen LogP contribution in [0.5, 0.6) is 0 Å². The molecule has 3 fully saturated rings. The van der Waals surface area contributed by atoms with Crippen LogP contribution in [0.2, 0.25) is 10.0 Å². The SMILES string of the molecule is COC1CN([C@H]2C[C@@H](COC3CCC(C(=O)O)CC3)N(C(=O)Cc3cc(Cl)c(NC(=O)c4cn(C)c5ccccc45)cc3Cl)C2)C[C@@H]1OC. The number of ether oxygens (including phenoxy) is 3. The number of aromatic nitrogens is 1. The zero-order chi connectivity index (χ0) is 34.8. The molecule has 2 aromatic carbocycles. The zero-order valence-electron chi connectivity index (χ0n) is 28.1. The number of carbonyl (C=O) groups is 3. The number of fused-ring (bicyclic) bond motifs is 1. The van der Waals surface area contributed by atoms with Gasteiger partial charge in [0.15, 0.2) is 0 Å². The van der Waals surface area contributed by atoms with E-state index in [1.807, 2.05) is 40.8 Å². The smallest absolute Gasteiger partial charge is 0.306 e. The van der Waals surface area contributed by atoms with Crippen molar-refractivity contribution < 1.29 is 33.7 Å². The number of benzene rings is 2. The first-order chi connectivity index (χ1) is 23.6. The Morgan fingerprint density at radius 3 is 2.33 bits per heavy atom. The number of halogens is 2. The lowest BCUT2D eigenvalue weighted by molar-refractivity contribution is -0.144. The summed E-state index contributed by atoms with van der Waals surface area (Å²) < 4.78 is 19.6. The number of methoxy groups -OCH3 is 2. The fraction of sp³-hybridized carbons (Fsp3) is 0.528. The minimum Gasteiger partial charge on any atom is -0.481 e. The number of hydrogen-bond donors (Lipinski definition) is 2. The van der Waals surface area contributed by atoms with E-state index >= 15 is 0 Å². The topological polar surface area (TPSA) is 123 Å². The van der Waals surface area contributed by atoms with Crippen molar-refractivity contribution in [3.63, 3.8) is 0 Å². The van der Waals surface area contributed by atoms with E-state index in [9.17, 15) is 19.5 Å². The molecule has 1 aliphatic carbocycles. The maximum atomic E-state index is 14.0. The standard InChI is InChI=1S/C36H44Cl2N4O7/c1-40-17-27(26-6-4-5-7-31(26)40)35(44)39-30-15-28(37)22(12-29(30)38)13-34(43)42-16-23(41-18-32(47-2)33(19-41)48-3)14-24(42)20-49-25-10-8-21(9-11-25)36(45)46/h4-7,12,15,17,21,23-25,32-33H,8-11,13-14,16,18-20H2,1-3H3,(H,39,44)(H,45,46)/t21?,23-,24-,25?,32-,33?/m0/s1. The molecule has 2 amide bonds. The van der Waals surface area contributed by atoms with Gasteiger partial charge in [0.1, 0.15) is 0 Å². The minimum atomic E-state index is -0.748. The van der Waals surface area contributed by atoms with Crippen molar-refractivity contribution in [1.82, 2.24) is 14.4 Å². The number of carbonyl (C=O) groups excluding carboxylic acids is 2. The van der Waals surface area contributed by atoms with E-state index in [2.05, 4.69) is 10.2 Å². The van der Waals surface area contributed by atoms with E-state index in [-0.39, 0.29) is 59.6 Å². The number of carboxylic acids is 1. The maximum Gasteiger partial charge on any atom is 0.306 e. The van der Waals surface area contributed by atoms with Crippen LogP contribution in [0.1, 0.15) is 48.0 Å². The summed E-state index contributed by atoms with van der Waals surface area (Å²) in [5.41, 5.74) is 2.38. The van der Waals surface area contributed by atoms with Gasteiger partial charge in [-0.05, 0) is 55.9 Å². The summed E-state index contributed by atoms with van der Waals surface area (Å²) in [7, 11) is 5.27. The lowest BCUT2D eigenvalue weighted by atomic mass is 9.87. The Kier molecular flexibility index (Phi) is 11.2. The van der Waals surface area contributed by atoms with Gasteiger partial charge in [-0.3, -0.25) is 19.3 Å². The molecular weight excluding hydrogens is 671 g/mol. The summed E-state index contributed by atoms with van der Waals surface area (Å²) >= 11 is 13.4. The summed E-state index contributed by atoms with van der Waals surface area (Å²) in [5.74, 6) is -1.47. The highest BCUT2D eigenvalue weighted by Gasteiger charge is 2.43. The van der Waals surface area contributed by atoms with Gasteiger partial charge in [-0.1, -0.05) is 41.4 Å². The lowest BCUT2D eigenvalue weighted by Gasteiger charge is -2.30. The van der Waals surface area contributed by atoms with Crippen molar-refractivity contribution in [3.05, 3.63) is 63.8 Å². The van der Waals surface area contributed by atoms with Crippen LogP contribution >= 0.6 is 23.2 Å². The number of para-hydroxylation sites is 1. The monoisotopic (exact) mass is 714 g/mol. The number of rotatable bonds is 11. The number of carboxylic acid groups (broad SMARTS) is 1. The highest BCUT2D eigenvalue weighted by atomic mass is 35.5. The summed E-state index contributed by atoms with van der Waals surface area (Å²) in [6.07, 6.45) is 4.99. The maximum absolute atomic E-state index is 14.0. The molecule has 0 spiro atoms. The molecule has 4 atom stereocenters. The van der Waals surface area contributed by atoms with E-state index in [4.69, 9.17) is 37.4 Å². The van der Waals surface area contributed by atoms with E-state index in [1.165, 1.54) is 0 Å². The molecule has 49 heavy (non-hydrogen) atoms. The van der Waals surface area contributed by atoms with E-state index < -0.39 is 5.97 Å². The van der Waals surface area contributed by atoms with Crippen LogP contribution in [0.15, 0.2) is 42.6 Å². The van der Waals surface area contributed by atoms with Crippen molar-refractivity contribution in [2.75, 3.05) is 45.8 Å². The Hall–Kier alpha value is -3.19. The number of nitrogens with one attached hydrogen (secondary N) is 1. The third-order valence-electron chi connectivity index (χ3n) is 10.5. The van der Waals surface area contributed by atoms with Crippen molar-refractivity contribution >= 4 is 57.6 Å². The molecule has 1 saturated carbocycles. The van der Waals surface area contributed by atoms with Gasteiger partial charge in [0, 0.05) is 69.1 Å². The molecule has 1 unspecified atom stereocenters. The Balaban J connectivity index is 1.14. The molecule has 3 heterocycles. The quantitative estimate of drug-likeness (QED) is 0.276. The number of hydrogen-bond acceptors (Lipinski definition) is 7. The van der Waals surface area contributed by atoms with Gasteiger partial charge in [-0.15, -0.1) is 0 Å². The Bertz CT molecular complexity index is 1680. The summed E-state index contributed by atoms with van der Waals surface area (Å²) in [4.78, 5) is 42.9. The Morgan fingerprint density at radius 1 is 0.959 bits per heavy atom. The Morgan fingerprint density at radius 2 is 1.65 bits per heavy atom. The predicted octanol–water partition coefficient (Wildman–Crippen LogP) is 5.26. The summed E-state index contributed by atoms with van der Waals surface area (Å²) in [6, 6.07) is 10.8. The third-order valence-corrected chi connectivity index (χ3v) is 11.2. The van der Waals surface area contributed by atoms with Gasteiger partial charge in [0.2, 0.25) is 5.91 Å². The second-order valence-corrected chi connectivity index (χ2v) is 14.3. The molecule has 0 bridgehead atoms. The first-order valence-electron chi connectivity index (χ1n) is 16.8. The van der Waals surface area contributed by atoms with Gasteiger partial charge in [-0.25, -0.2) is 0 Å². The van der Waals surface area contributed by atoms with Gasteiger partial charge in [-0.2, -0.15) is 0 Å². The fourth-order valence-corrected chi connectivity index (χ4v) is 8.13. The normalized spacial score (nSPS) is 26.0. The summed E-state index contributed by atoms with van der Waals surface area (Å²) in [6.45, 7) is 2.31. The molecule has 2 N–H and O–H groups in total. The molecule has 3 aromatic rings. The number of amides is 2. The van der Waals surface area contributed by atoms with Crippen LogP contribution in [-0.4, -0.2) is 108 Å². The van der Waals surface area contributed by atoms with E-state index in [0.717, 1.165) is 17.3 Å². The van der Waals surface area contributed by atoms with E-state index in [0.29, 0.717) is 73.8 Å². The lowest BCUT2D eigenvalue weighted by Crippen LogP contribution is -2.41. The second-order valence-electron chi connectivity index (χ2n) is 13.5. The fourth-order valence-electron chi connectivity index (χ4n) is 7.66. The van der Waals surface area contributed by atoms with Crippen LogP contribution < -0.4 is 5.32 Å². The highest BCUT2D eigenvalue weighted by Crippen LogP contribution is 2.34.